The minimum atomic E-state index is -0.892. The molecular weight excluding hydrogens is 284 g/mol. The highest BCUT2D eigenvalue weighted by atomic mass is 16.4. The average Bonchev–Trinajstić information content (AvgIpc) is 2.98. The topological polar surface area (TPSA) is 97.1 Å². The second-order valence-electron chi connectivity index (χ2n) is 5.56. The number of carbonyl (C=O) groups excluding carboxylic acids is 1. The van der Waals surface area contributed by atoms with E-state index in [2.05, 4.69) is 15.6 Å². The van der Waals surface area contributed by atoms with Crippen LogP contribution in [0.5, 0.6) is 0 Å². The summed E-state index contributed by atoms with van der Waals surface area (Å²) in [6, 6.07) is 6.98. The molecule has 22 heavy (non-hydrogen) atoms. The summed E-state index contributed by atoms with van der Waals surface area (Å²) in [5, 5.41) is 19.5. The number of carbonyl (C=O) groups is 2. The van der Waals surface area contributed by atoms with Gasteiger partial charge in [0, 0.05) is 5.56 Å². The molecule has 7 heteroatoms. The van der Waals surface area contributed by atoms with Crippen molar-refractivity contribution in [3.63, 3.8) is 0 Å². The molecule has 1 fully saturated rings. The highest BCUT2D eigenvalue weighted by Gasteiger charge is 2.40. The number of hydrogen-bond acceptors (Lipinski definition) is 4. The monoisotopic (exact) mass is 300 g/mol. The van der Waals surface area contributed by atoms with Crippen LogP contribution in [-0.4, -0.2) is 37.5 Å². The van der Waals surface area contributed by atoms with E-state index in [-0.39, 0.29) is 12.3 Å². The van der Waals surface area contributed by atoms with Crippen LogP contribution in [0.2, 0.25) is 0 Å². The summed E-state index contributed by atoms with van der Waals surface area (Å²) in [7, 11) is 0. The minimum absolute atomic E-state index is 0.0402. The highest BCUT2D eigenvalue weighted by Crippen LogP contribution is 2.35. The van der Waals surface area contributed by atoms with Crippen molar-refractivity contribution in [1.29, 1.82) is 0 Å². The predicted molar refractivity (Wildman–Crippen MR) is 77.7 cm³/mol. The van der Waals surface area contributed by atoms with Crippen LogP contribution in [0.1, 0.15) is 36.0 Å². The fourth-order valence-electron chi connectivity index (χ4n) is 2.69. The zero-order valence-electron chi connectivity index (χ0n) is 11.9. The van der Waals surface area contributed by atoms with Crippen LogP contribution in [0.15, 0.2) is 36.7 Å². The molecule has 1 saturated carbocycles. The van der Waals surface area contributed by atoms with E-state index in [1.807, 2.05) is 6.07 Å². The minimum Gasteiger partial charge on any atom is -0.481 e. The number of hydrogen-bond donors (Lipinski definition) is 2. The van der Waals surface area contributed by atoms with E-state index in [0.29, 0.717) is 18.4 Å². The van der Waals surface area contributed by atoms with Gasteiger partial charge in [-0.2, -0.15) is 0 Å². The molecule has 114 valence electrons. The van der Waals surface area contributed by atoms with Crippen molar-refractivity contribution < 1.29 is 14.7 Å². The number of carboxylic acid groups (broad SMARTS) is 1. The lowest BCUT2D eigenvalue weighted by Crippen LogP contribution is -2.54. The number of nitrogens with zero attached hydrogens (tertiary/aromatic N) is 3. The largest absolute Gasteiger partial charge is 0.481 e. The quantitative estimate of drug-likeness (QED) is 0.869. The maximum atomic E-state index is 12.4. The lowest BCUT2D eigenvalue weighted by Gasteiger charge is -2.41. The summed E-state index contributed by atoms with van der Waals surface area (Å²) < 4.78 is 1.56. The number of benzene rings is 1. The van der Waals surface area contributed by atoms with Gasteiger partial charge in [0.2, 0.25) is 0 Å². The van der Waals surface area contributed by atoms with Crippen LogP contribution in [0.3, 0.4) is 0 Å². The standard InChI is InChI=1S/C15H16N4O3/c20-13(21)10-15(5-2-6-15)17-14(22)11-3-1-4-12(9-11)19-8-7-16-18-19/h1,3-4,7-9H,2,5-6,10H2,(H,17,22)(H,20,21). The van der Waals surface area contributed by atoms with Gasteiger partial charge in [0.15, 0.2) is 0 Å². The van der Waals surface area contributed by atoms with E-state index in [9.17, 15) is 9.59 Å². The first-order valence-corrected chi connectivity index (χ1v) is 7.09. The van der Waals surface area contributed by atoms with Crippen LogP contribution in [0, 0.1) is 0 Å². The maximum absolute atomic E-state index is 12.4. The van der Waals surface area contributed by atoms with Crippen molar-refractivity contribution in [2.45, 2.75) is 31.2 Å². The zero-order chi connectivity index (χ0) is 15.6. The van der Waals surface area contributed by atoms with Crippen molar-refractivity contribution in [3.05, 3.63) is 42.2 Å². The fourth-order valence-corrected chi connectivity index (χ4v) is 2.69. The lowest BCUT2D eigenvalue weighted by atomic mass is 9.74. The van der Waals surface area contributed by atoms with Crippen LogP contribution in [-0.2, 0) is 4.79 Å². The zero-order valence-corrected chi connectivity index (χ0v) is 11.9. The van der Waals surface area contributed by atoms with Crippen LogP contribution < -0.4 is 5.32 Å². The van der Waals surface area contributed by atoms with Gasteiger partial charge in [-0.05, 0) is 37.5 Å². The third-order valence-electron chi connectivity index (χ3n) is 3.97. The maximum Gasteiger partial charge on any atom is 0.305 e. The van der Waals surface area contributed by atoms with E-state index in [1.54, 1.807) is 35.3 Å². The Morgan fingerprint density at radius 2 is 2.18 bits per heavy atom. The molecule has 0 aliphatic heterocycles. The van der Waals surface area contributed by atoms with Crippen LogP contribution in [0.4, 0.5) is 0 Å². The lowest BCUT2D eigenvalue weighted by molar-refractivity contribution is -0.139. The van der Waals surface area contributed by atoms with Crippen molar-refractivity contribution >= 4 is 11.9 Å². The Bertz CT molecular complexity index is 693. The molecule has 0 bridgehead atoms. The molecule has 3 rings (SSSR count). The first kappa shape index (κ1) is 14.2. The van der Waals surface area contributed by atoms with Crippen molar-refractivity contribution in [2.75, 3.05) is 0 Å². The average molecular weight is 300 g/mol. The summed E-state index contributed by atoms with van der Waals surface area (Å²) in [5.74, 6) is -1.15. The predicted octanol–water partition coefficient (Wildman–Crippen LogP) is 1.39. The summed E-state index contributed by atoms with van der Waals surface area (Å²) in [6.45, 7) is 0. The Hall–Kier alpha value is -2.70. The molecule has 1 aliphatic carbocycles. The van der Waals surface area contributed by atoms with Gasteiger partial charge < -0.3 is 10.4 Å². The fraction of sp³-hybridized carbons (Fsp3) is 0.333. The van der Waals surface area contributed by atoms with E-state index in [0.717, 1.165) is 12.1 Å². The number of rotatable bonds is 5. The number of aromatic nitrogens is 3. The SMILES string of the molecule is O=C(O)CC1(NC(=O)c2cccc(-n3ccnn3)c2)CCC1. The first-order chi connectivity index (χ1) is 10.6. The molecule has 0 unspecified atom stereocenters. The van der Waals surface area contributed by atoms with Crippen molar-refractivity contribution in [3.8, 4) is 5.69 Å². The van der Waals surface area contributed by atoms with Crippen LogP contribution in [0.25, 0.3) is 5.69 Å². The molecule has 2 aromatic rings. The molecule has 2 N–H and O–H groups in total. The van der Waals surface area contributed by atoms with E-state index in [4.69, 9.17) is 5.11 Å². The Morgan fingerprint density at radius 3 is 2.77 bits per heavy atom. The Kier molecular flexibility index (Phi) is 3.62. The molecule has 7 nitrogen and oxygen atoms in total. The van der Waals surface area contributed by atoms with Gasteiger partial charge in [-0.25, -0.2) is 4.68 Å². The second-order valence-corrected chi connectivity index (χ2v) is 5.56. The summed E-state index contributed by atoms with van der Waals surface area (Å²) in [4.78, 5) is 23.4. The third kappa shape index (κ3) is 2.83. The molecule has 1 amide bonds. The Labute approximate surface area is 126 Å². The molecule has 1 aliphatic rings. The molecule has 1 heterocycles. The summed E-state index contributed by atoms with van der Waals surface area (Å²) >= 11 is 0. The molecule has 1 aromatic heterocycles. The van der Waals surface area contributed by atoms with Crippen molar-refractivity contribution in [1.82, 2.24) is 20.3 Å². The summed E-state index contributed by atoms with van der Waals surface area (Å²) in [6.07, 6.45) is 5.55. The second kappa shape index (κ2) is 5.59. The number of amides is 1. The number of aliphatic carboxylic acids is 1. The normalized spacial score (nSPS) is 15.8. The van der Waals surface area contributed by atoms with Gasteiger partial charge in [-0.1, -0.05) is 11.3 Å². The molecule has 0 spiro atoms. The number of carboxylic acids is 1. The van der Waals surface area contributed by atoms with E-state index in [1.165, 1.54) is 0 Å². The Morgan fingerprint density at radius 1 is 1.36 bits per heavy atom. The molecule has 0 radical (unpaired) electrons. The van der Waals surface area contributed by atoms with E-state index < -0.39 is 11.5 Å². The van der Waals surface area contributed by atoms with Gasteiger partial charge in [0.25, 0.3) is 5.91 Å². The third-order valence-corrected chi connectivity index (χ3v) is 3.97. The molecular formula is C15H16N4O3. The Balaban J connectivity index is 1.78. The molecule has 0 atom stereocenters. The van der Waals surface area contributed by atoms with Crippen molar-refractivity contribution in [2.24, 2.45) is 0 Å². The van der Waals surface area contributed by atoms with Gasteiger partial charge in [-0.15, -0.1) is 5.10 Å². The first-order valence-electron chi connectivity index (χ1n) is 7.09. The van der Waals surface area contributed by atoms with Gasteiger partial charge in [-0.3, -0.25) is 9.59 Å². The highest BCUT2D eigenvalue weighted by molar-refractivity contribution is 5.95. The molecule has 0 saturated heterocycles. The summed E-state index contributed by atoms with van der Waals surface area (Å²) in [5.41, 5.74) is 0.599. The van der Waals surface area contributed by atoms with E-state index >= 15 is 0 Å². The van der Waals surface area contributed by atoms with Gasteiger partial charge in [0.1, 0.15) is 0 Å². The van der Waals surface area contributed by atoms with Gasteiger partial charge >= 0.3 is 5.97 Å². The van der Waals surface area contributed by atoms with Gasteiger partial charge in [0.05, 0.1) is 30.0 Å². The number of nitrogens with one attached hydrogen (secondary N) is 1. The van der Waals surface area contributed by atoms with Crippen LogP contribution >= 0.6 is 0 Å². The smallest absolute Gasteiger partial charge is 0.305 e. The molecule has 1 aromatic carbocycles.